The minimum absolute atomic E-state index is 0.110. The second-order valence-corrected chi connectivity index (χ2v) is 7.75. The van der Waals surface area contributed by atoms with Crippen molar-refractivity contribution in [2.45, 2.75) is 64.3 Å². The van der Waals surface area contributed by atoms with Crippen LogP contribution in [0.2, 0.25) is 0 Å². The molecule has 7 heteroatoms. The van der Waals surface area contributed by atoms with E-state index in [2.05, 4.69) is 36.1 Å². The molecule has 140 valence electrons. The number of hydrogen-bond donors (Lipinski definition) is 3. The molecule has 0 aromatic carbocycles. The maximum atomic E-state index is 10.0. The monoisotopic (exact) mass is 342 g/mol. The first kappa shape index (κ1) is 19.4. The lowest BCUT2D eigenvalue weighted by atomic mass is 9.86. The highest BCUT2D eigenvalue weighted by atomic mass is 16.6. The maximum absolute atomic E-state index is 10.0. The number of amidine groups is 1. The molecule has 24 heavy (non-hydrogen) atoms. The summed E-state index contributed by atoms with van der Waals surface area (Å²) in [7, 11) is 0. The summed E-state index contributed by atoms with van der Waals surface area (Å²) in [5.41, 5.74) is 5.77. The lowest BCUT2D eigenvalue weighted by Gasteiger charge is -2.37. The van der Waals surface area contributed by atoms with Gasteiger partial charge in [0.1, 0.15) is 6.23 Å². The summed E-state index contributed by atoms with van der Waals surface area (Å²) in [4.78, 5) is 7.42. The Kier molecular flexibility index (Phi) is 7.28. The predicted octanol–water partition coefficient (Wildman–Crippen LogP) is 0.873. The minimum atomic E-state index is -0.713. The number of aliphatic hydroxyl groups excluding tert-OH is 1. The standard InChI is InChI=1S/C17H34N4O3/c1-13-6-4-5-7-14(13)19-16(22)11-24-20-15(18)10-21-8-9-23-17(2,3)12-21/h13-14,16,19,22H,4-12H2,1-3H3,(H2,18,20). The second kappa shape index (κ2) is 8.99. The van der Waals surface area contributed by atoms with Gasteiger partial charge in [-0.05, 0) is 32.6 Å². The molecule has 2 rings (SSSR count). The predicted molar refractivity (Wildman–Crippen MR) is 94.6 cm³/mol. The van der Waals surface area contributed by atoms with Gasteiger partial charge in [-0.2, -0.15) is 0 Å². The van der Waals surface area contributed by atoms with Crippen molar-refractivity contribution in [2.24, 2.45) is 16.8 Å². The van der Waals surface area contributed by atoms with Crippen molar-refractivity contribution in [3.8, 4) is 0 Å². The molecule has 3 atom stereocenters. The molecule has 3 unspecified atom stereocenters. The molecule has 1 saturated heterocycles. The van der Waals surface area contributed by atoms with Gasteiger partial charge in [0, 0.05) is 19.1 Å². The smallest absolute Gasteiger partial charge is 0.156 e. The van der Waals surface area contributed by atoms with E-state index in [0.717, 1.165) is 19.5 Å². The number of morpholine rings is 1. The molecular formula is C17H34N4O3. The second-order valence-electron chi connectivity index (χ2n) is 7.75. The number of nitrogens with two attached hydrogens (primary N) is 1. The van der Waals surface area contributed by atoms with Gasteiger partial charge in [-0.15, -0.1) is 0 Å². The normalized spacial score (nSPS) is 30.1. The zero-order valence-corrected chi connectivity index (χ0v) is 15.3. The molecule has 0 amide bonds. The molecule has 4 N–H and O–H groups in total. The van der Waals surface area contributed by atoms with E-state index in [9.17, 15) is 5.11 Å². The van der Waals surface area contributed by atoms with Crippen LogP contribution in [0, 0.1) is 5.92 Å². The van der Waals surface area contributed by atoms with Crippen molar-refractivity contribution in [2.75, 3.05) is 32.8 Å². The Labute approximate surface area is 145 Å². The van der Waals surface area contributed by atoms with Crippen LogP contribution in [-0.4, -0.2) is 66.6 Å². The van der Waals surface area contributed by atoms with Gasteiger partial charge >= 0.3 is 0 Å². The van der Waals surface area contributed by atoms with Crippen LogP contribution >= 0.6 is 0 Å². The van der Waals surface area contributed by atoms with Crippen molar-refractivity contribution >= 4 is 5.84 Å². The lowest BCUT2D eigenvalue weighted by molar-refractivity contribution is -0.0821. The van der Waals surface area contributed by atoms with Crippen molar-refractivity contribution in [1.82, 2.24) is 10.2 Å². The van der Waals surface area contributed by atoms with Gasteiger partial charge in [-0.3, -0.25) is 10.2 Å². The van der Waals surface area contributed by atoms with Crippen LogP contribution in [-0.2, 0) is 9.57 Å². The average Bonchev–Trinajstić information content (AvgIpc) is 2.48. The van der Waals surface area contributed by atoms with Crippen LogP contribution in [0.4, 0.5) is 0 Å². The molecular weight excluding hydrogens is 308 g/mol. The summed E-state index contributed by atoms with van der Waals surface area (Å²) in [6.45, 7) is 9.37. The number of nitrogens with one attached hydrogen (secondary N) is 1. The molecule has 2 fully saturated rings. The van der Waals surface area contributed by atoms with Crippen molar-refractivity contribution in [3.05, 3.63) is 0 Å². The third-order valence-electron chi connectivity index (χ3n) is 4.82. The summed E-state index contributed by atoms with van der Waals surface area (Å²) in [6.07, 6.45) is 4.11. The third kappa shape index (κ3) is 6.55. The van der Waals surface area contributed by atoms with Gasteiger partial charge in [0.15, 0.2) is 12.4 Å². The van der Waals surface area contributed by atoms with Crippen molar-refractivity contribution < 1.29 is 14.7 Å². The van der Waals surface area contributed by atoms with Gasteiger partial charge in [-0.1, -0.05) is 24.9 Å². The Morgan fingerprint density at radius 2 is 2.21 bits per heavy atom. The Morgan fingerprint density at radius 3 is 2.92 bits per heavy atom. The zero-order valence-electron chi connectivity index (χ0n) is 15.3. The van der Waals surface area contributed by atoms with Gasteiger partial charge in [-0.25, -0.2) is 0 Å². The fraction of sp³-hybridized carbons (Fsp3) is 0.941. The van der Waals surface area contributed by atoms with Crippen LogP contribution in [0.1, 0.15) is 46.5 Å². The SMILES string of the molecule is CC1CCCCC1NC(O)CO/N=C(\N)CN1CCOC(C)(C)C1. The molecule has 1 aliphatic carbocycles. The minimum Gasteiger partial charge on any atom is -0.390 e. The molecule has 0 spiro atoms. The number of aliphatic hydroxyl groups is 1. The molecule has 1 heterocycles. The van der Waals surface area contributed by atoms with E-state index in [-0.39, 0.29) is 12.2 Å². The average molecular weight is 342 g/mol. The van der Waals surface area contributed by atoms with E-state index in [1.807, 2.05) is 0 Å². The number of ether oxygens (including phenoxy) is 1. The van der Waals surface area contributed by atoms with Gasteiger partial charge in [0.05, 0.1) is 18.8 Å². The van der Waals surface area contributed by atoms with E-state index in [0.29, 0.717) is 30.9 Å². The van der Waals surface area contributed by atoms with Gasteiger partial charge < -0.3 is 20.4 Å². The summed E-state index contributed by atoms with van der Waals surface area (Å²) in [6, 6.07) is 0.356. The number of rotatable bonds is 7. The molecule has 2 aliphatic rings. The fourth-order valence-electron chi connectivity index (χ4n) is 3.56. The number of nitrogens with zero attached hydrogens (tertiary/aromatic N) is 2. The summed E-state index contributed by atoms with van der Waals surface area (Å²) in [5, 5.41) is 17.2. The summed E-state index contributed by atoms with van der Waals surface area (Å²) < 4.78 is 5.68. The quantitative estimate of drug-likeness (QED) is 0.275. The molecule has 7 nitrogen and oxygen atoms in total. The number of oxime groups is 1. The maximum Gasteiger partial charge on any atom is 0.156 e. The zero-order chi connectivity index (χ0) is 17.6. The van der Waals surface area contributed by atoms with E-state index in [1.165, 1.54) is 19.3 Å². The van der Waals surface area contributed by atoms with E-state index in [4.69, 9.17) is 15.3 Å². The van der Waals surface area contributed by atoms with Gasteiger partial charge in [0.25, 0.3) is 0 Å². The number of hydrogen-bond acceptors (Lipinski definition) is 6. The van der Waals surface area contributed by atoms with Crippen molar-refractivity contribution in [1.29, 1.82) is 0 Å². The molecule has 0 radical (unpaired) electrons. The van der Waals surface area contributed by atoms with Crippen LogP contribution in [0.25, 0.3) is 0 Å². The Hall–Kier alpha value is -0.890. The van der Waals surface area contributed by atoms with Crippen LogP contribution < -0.4 is 11.1 Å². The van der Waals surface area contributed by atoms with E-state index < -0.39 is 6.23 Å². The highest BCUT2D eigenvalue weighted by Gasteiger charge is 2.27. The van der Waals surface area contributed by atoms with Crippen LogP contribution in [0.15, 0.2) is 5.16 Å². The molecule has 0 aromatic heterocycles. The highest BCUT2D eigenvalue weighted by Crippen LogP contribution is 2.23. The van der Waals surface area contributed by atoms with Crippen LogP contribution in [0.3, 0.4) is 0 Å². The molecule has 1 aliphatic heterocycles. The molecule has 0 aromatic rings. The van der Waals surface area contributed by atoms with Crippen molar-refractivity contribution in [3.63, 3.8) is 0 Å². The third-order valence-corrected chi connectivity index (χ3v) is 4.82. The first-order chi connectivity index (χ1) is 11.4. The lowest BCUT2D eigenvalue weighted by Crippen LogP contribution is -2.50. The van der Waals surface area contributed by atoms with E-state index in [1.54, 1.807) is 0 Å². The highest BCUT2D eigenvalue weighted by molar-refractivity contribution is 5.81. The van der Waals surface area contributed by atoms with Crippen LogP contribution in [0.5, 0.6) is 0 Å². The summed E-state index contributed by atoms with van der Waals surface area (Å²) >= 11 is 0. The fourth-order valence-corrected chi connectivity index (χ4v) is 3.56. The topological polar surface area (TPSA) is 92.3 Å². The Bertz CT molecular complexity index is 417. The largest absolute Gasteiger partial charge is 0.390 e. The molecule has 0 bridgehead atoms. The first-order valence-electron chi connectivity index (χ1n) is 9.10. The van der Waals surface area contributed by atoms with E-state index >= 15 is 0 Å². The first-order valence-corrected chi connectivity index (χ1v) is 9.10. The Morgan fingerprint density at radius 1 is 1.46 bits per heavy atom. The molecule has 1 saturated carbocycles. The van der Waals surface area contributed by atoms with Gasteiger partial charge in [0.2, 0.25) is 0 Å². The summed E-state index contributed by atoms with van der Waals surface area (Å²) in [5.74, 6) is 1.01. The Balaban J connectivity index is 1.66.